The Labute approximate surface area is 146 Å². The van der Waals surface area contributed by atoms with Crippen molar-refractivity contribution in [3.8, 4) is 0 Å². The van der Waals surface area contributed by atoms with E-state index in [1.165, 1.54) is 18.4 Å². The number of hydrogen-bond acceptors (Lipinski definition) is 3. The van der Waals surface area contributed by atoms with Crippen LogP contribution in [0.4, 0.5) is 5.69 Å². The van der Waals surface area contributed by atoms with Gasteiger partial charge in [0.05, 0.1) is 21.7 Å². The number of amides is 1. The van der Waals surface area contributed by atoms with Crippen LogP contribution in [0.1, 0.15) is 12.8 Å². The molecule has 0 unspecified atom stereocenters. The number of nitrogens with one attached hydrogen (secondary N) is 1. The molecule has 1 aliphatic heterocycles. The van der Waals surface area contributed by atoms with Crippen molar-refractivity contribution in [3.63, 3.8) is 0 Å². The first-order valence-electron chi connectivity index (χ1n) is 7.16. The summed E-state index contributed by atoms with van der Waals surface area (Å²) in [5.41, 5.74) is 0.428. The Kier molecular flexibility index (Phi) is 5.91. The molecule has 2 rings (SSSR count). The van der Waals surface area contributed by atoms with Crippen LogP contribution in [0.2, 0.25) is 10.0 Å². The van der Waals surface area contributed by atoms with Crippen LogP contribution in [0.25, 0.3) is 0 Å². The lowest BCUT2D eigenvalue weighted by Crippen LogP contribution is -2.47. The van der Waals surface area contributed by atoms with E-state index in [-0.39, 0.29) is 17.5 Å². The SMILES string of the molecule is CN(C)S(=O)(=O)N1CCC[C@H](C(=O)Nc2cccc(Cl)c2Cl)C1. The molecule has 0 spiro atoms. The second-order valence-corrected chi connectivity index (χ2v) is 8.51. The number of halogens is 2. The first kappa shape index (κ1) is 18.5. The molecule has 1 aliphatic rings. The minimum Gasteiger partial charge on any atom is -0.324 e. The van der Waals surface area contributed by atoms with Gasteiger partial charge in [-0.15, -0.1) is 0 Å². The van der Waals surface area contributed by atoms with Crippen LogP contribution in [0, 0.1) is 5.92 Å². The van der Waals surface area contributed by atoms with E-state index in [1.54, 1.807) is 18.2 Å². The Balaban J connectivity index is 2.09. The van der Waals surface area contributed by atoms with Gasteiger partial charge in [0.2, 0.25) is 5.91 Å². The number of anilines is 1. The molecule has 1 heterocycles. The van der Waals surface area contributed by atoms with Gasteiger partial charge in [0.25, 0.3) is 10.2 Å². The molecule has 1 N–H and O–H groups in total. The average Bonchev–Trinajstić information content (AvgIpc) is 2.51. The van der Waals surface area contributed by atoms with Crippen molar-refractivity contribution < 1.29 is 13.2 Å². The number of carbonyl (C=O) groups is 1. The van der Waals surface area contributed by atoms with Crippen molar-refractivity contribution in [2.24, 2.45) is 5.92 Å². The number of carbonyl (C=O) groups excluding carboxylic acids is 1. The first-order valence-corrected chi connectivity index (χ1v) is 9.31. The summed E-state index contributed by atoms with van der Waals surface area (Å²) in [5, 5.41) is 3.36. The summed E-state index contributed by atoms with van der Waals surface area (Å²) in [6.07, 6.45) is 1.26. The molecule has 1 aromatic carbocycles. The van der Waals surface area contributed by atoms with E-state index < -0.39 is 16.1 Å². The fraction of sp³-hybridized carbons (Fsp3) is 0.500. The molecule has 9 heteroatoms. The molecule has 1 fully saturated rings. The zero-order valence-corrected chi connectivity index (χ0v) is 15.2. The molecule has 23 heavy (non-hydrogen) atoms. The fourth-order valence-electron chi connectivity index (χ4n) is 2.43. The summed E-state index contributed by atoms with van der Waals surface area (Å²) in [6.45, 7) is 0.576. The molecule has 1 saturated heterocycles. The average molecular weight is 380 g/mol. The fourth-order valence-corrected chi connectivity index (χ4v) is 3.97. The molecule has 6 nitrogen and oxygen atoms in total. The molecular formula is C14H19Cl2N3O3S. The normalized spacial score (nSPS) is 19.8. The minimum atomic E-state index is -3.51. The van der Waals surface area contributed by atoms with E-state index >= 15 is 0 Å². The van der Waals surface area contributed by atoms with Crippen LogP contribution in [-0.2, 0) is 15.0 Å². The third-order valence-electron chi connectivity index (χ3n) is 3.75. The number of rotatable bonds is 4. The highest BCUT2D eigenvalue weighted by Crippen LogP contribution is 2.30. The molecule has 0 radical (unpaired) electrons. The van der Waals surface area contributed by atoms with Crippen molar-refractivity contribution in [2.75, 3.05) is 32.5 Å². The van der Waals surface area contributed by atoms with Crippen molar-refractivity contribution in [2.45, 2.75) is 12.8 Å². The lowest BCUT2D eigenvalue weighted by Gasteiger charge is -2.32. The van der Waals surface area contributed by atoms with E-state index in [4.69, 9.17) is 23.2 Å². The largest absolute Gasteiger partial charge is 0.324 e. The molecule has 1 amide bonds. The molecule has 0 aromatic heterocycles. The van der Waals surface area contributed by atoms with Crippen LogP contribution >= 0.6 is 23.2 Å². The number of benzene rings is 1. The lowest BCUT2D eigenvalue weighted by atomic mass is 9.99. The summed E-state index contributed by atoms with van der Waals surface area (Å²) >= 11 is 12.0. The summed E-state index contributed by atoms with van der Waals surface area (Å²) in [6, 6.07) is 4.97. The van der Waals surface area contributed by atoms with Gasteiger partial charge in [0.1, 0.15) is 0 Å². The predicted molar refractivity (Wildman–Crippen MR) is 92.0 cm³/mol. The van der Waals surface area contributed by atoms with Crippen LogP contribution in [0.5, 0.6) is 0 Å². The van der Waals surface area contributed by atoms with Crippen molar-refractivity contribution in [1.82, 2.24) is 8.61 Å². The van der Waals surface area contributed by atoms with Gasteiger partial charge < -0.3 is 5.32 Å². The van der Waals surface area contributed by atoms with E-state index in [1.807, 2.05) is 0 Å². The van der Waals surface area contributed by atoms with Gasteiger partial charge >= 0.3 is 0 Å². The second kappa shape index (κ2) is 7.36. The Hall–Kier alpha value is -0.860. The monoisotopic (exact) mass is 379 g/mol. The maximum Gasteiger partial charge on any atom is 0.281 e. The molecule has 1 atom stereocenters. The highest BCUT2D eigenvalue weighted by Gasteiger charge is 2.33. The zero-order chi connectivity index (χ0) is 17.2. The highest BCUT2D eigenvalue weighted by molar-refractivity contribution is 7.86. The Morgan fingerprint density at radius 1 is 1.35 bits per heavy atom. The van der Waals surface area contributed by atoms with Gasteiger partial charge in [0, 0.05) is 27.2 Å². The molecule has 128 valence electrons. The Bertz CT molecular complexity index is 695. The van der Waals surface area contributed by atoms with Crippen LogP contribution in [-0.4, -0.2) is 50.1 Å². The summed E-state index contributed by atoms with van der Waals surface area (Å²) in [7, 11) is -0.561. The van der Waals surface area contributed by atoms with E-state index in [0.717, 1.165) is 4.31 Å². The van der Waals surface area contributed by atoms with Crippen LogP contribution in [0.15, 0.2) is 18.2 Å². The molecule has 0 aliphatic carbocycles. The van der Waals surface area contributed by atoms with Crippen molar-refractivity contribution in [3.05, 3.63) is 28.2 Å². The third-order valence-corrected chi connectivity index (χ3v) is 6.48. The maximum absolute atomic E-state index is 12.4. The second-order valence-electron chi connectivity index (χ2n) is 5.58. The standard InChI is InChI=1S/C14H19Cl2N3O3S/c1-18(2)23(21,22)19-8-4-5-10(9-19)14(20)17-12-7-3-6-11(15)13(12)16/h3,6-7,10H,4-5,8-9H2,1-2H3,(H,17,20)/t10-/m0/s1. The highest BCUT2D eigenvalue weighted by atomic mass is 35.5. The summed E-state index contributed by atoms with van der Waals surface area (Å²) in [4.78, 5) is 12.4. The van der Waals surface area contributed by atoms with Gasteiger partial charge in [-0.25, -0.2) is 0 Å². The summed E-state index contributed by atoms with van der Waals surface area (Å²) in [5.74, 6) is -0.679. The number of nitrogens with zero attached hydrogens (tertiary/aromatic N) is 2. The lowest BCUT2D eigenvalue weighted by molar-refractivity contribution is -0.120. The van der Waals surface area contributed by atoms with E-state index in [2.05, 4.69) is 5.32 Å². The van der Waals surface area contributed by atoms with Gasteiger partial charge in [-0.1, -0.05) is 29.3 Å². The third kappa shape index (κ3) is 4.16. The minimum absolute atomic E-state index is 0.157. The Morgan fingerprint density at radius 3 is 2.70 bits per heavy atom. The van der Waals surface area contributed by atoms with E-state index in [9.17, 15) is 13.2 Å². The van der Waals surface area contributed by atoms with Gasteiger partial charge in [-0.05, 0) is 25.0 Å². The van der Waals surface area contributed by atoms with Crippen LogP contribution in [0.3, 0.4) is 0 Å². The van der Waals surface area contributed by atoms with Gasteiger partial charge in [-0.3, -0.25) is 4.79 Å². The zero-order valence-electron chi connectivity index (χ0n) is 12.9. The number of piperidine rings is 1. The quantitative estimate of drug-likeness (QED) is 0.873. The smallest absolute Gasteiger partial charge is 0.281 e. The maximum atomic E-state index is 12.4. The summed E-state index contributed by atoms with van der Waals surface area (Å²) < 4.78 is 26.9. The number of hydrogen-bond donors (Lipinski definition) is 1. The van der Waals surface area contributed by atoms with E-state index in [0.29, 0.717) is 30.1 Å². The van der Waals surface area contributed by atoms with Crippen LogP contribution < -0.4 is 5.32 Å². The molecule has 0 bridgehead atoms. The Morgan fingerprint density at radius 2 is 2.04 bits per heavy atom. The van der Waals surface area contributed by atoms with Gasteiger partial charge in [-0.2, -0.15) is 17.0 Å². The molecule has 0 saturated carbocycles. The topological polar surface area (TPSA) is 69.7 Å². The van der Waals surface area contributed by atoms with Crippen molar-refractivity contribution in [1.29, 1.82) is 0 Å². The van der Waals surface area contributed by atoms with Gasteiger partial charge in [0.15, 0.2) is 0 Å². The first-order chi connectivity index (χ1) is 10.7. The molecular weight excluding hydrogens is 361 g/mol. The van der Waals surface area contributed by atoms with Crippen molar-refractivity contribution >= 4 is 45.0 Å². The predicted octanol–water partition coefficient (Wildman–Crippen LogP) is 2.45. The molecule has 1 aromatic rings.